The van der Waals surface area contributed by atoms with Gasteiger partial charge in [-0.1, -0.05) is 24.3 Å². The molecule has 1 aromatic rings. The summed E-state index contributed by atoms with van der Waals surface area (Å²) >= 11 is 0. The zero-order valence-electron chi connectivity index (χ0n) is 11.1. The Kier molecular flexibility index (Phi) is 3.31. The van der Waals surface area contributed by atoms with Crippen LogP contribution in [0.2, 0.25) is 0 Å². The number of ether oxygens (including phenoxy) is 1. The molecule has 1 saturated heterocycles. The maximum Gasteiger partial charge on any atom is 0.314 e. The predicted octanol–water partition coefficient (Wildman–Crippen LogP) is 2.91. The minimum Gasteiger partial charge on any atom is -0.481 e. The van der Waals surface area contributed by atoms with Gasteiger partial charge in [-0.05, 0) is 49.7 Å². The molecule has 2 aliphatic rings. The maximum atomic E-state index is 12.0. The van der Waals surface area contributed by atoms with Gasteiger partial charge in [0.25, 0.3) is 0 Å². The lowest BCUT2D eigenvalue weighted by Crippen LogP contribution is -2.42. The van der Waals surface area contributed by atoms with Gasteiger partial charge < -0.3 is 9.84 Å². The molecule has 1 aliphatic heterocycles. The van der Waals surface area contributed by atoms with Crippen molar-refractivity contribution in [3.05, 3.63) is 35.4 Å². The summed E-state index contributed by atoms with van der Waals surface area (Å²) in [6.45, 7) is 0.780. The molecule has 1 N–H and O–H groups in total. The van der Waals surface area contributed by atoms with Crippen molar-refractivity contribution in [2.75, 3.05) is 6.61 Å². The van der Waals surface area contributed by atoms with Crippen molar-refractivity contribution >= 4 is 5.97 Å². The summed E-state index contributed by atoms with van der Waals surface area (Å²) in [6, 6.07) is 8.03. The summed E-state index contributed by atoms with van der Waals surface area (Å²) in [5.41, 5.74) is 1.49. The van der Waals surface area contributed by atoms with E-state index >= 15 is 0 Å². The van der Waals surface area contributed by atoms with Crippen LogP contribution in [0.15, 0.2) is 24.3 Å². The second kappa shape index (κ2) is 4.97. The average molecular weight is 260 g/mol. The second-order valence-electron chi connectivity index (χ2n) is 5.74. The summed E-state index contributed by atoms with van der Waals surface area (Å²) in [7, 11) is 0. The van der Waals surface area contributed by atoms with Gasteiger partial charge in [0.15, 0.2) is 0 Å². The molecule has 1 aliphatic carbocycles. The molecular weight excluding hydrogens is 240 g/mol. The summed E-state index contributed by atoms with van der Waals surface area (Å²) < 4.78 is 5.68. The van der Waals surface area contributed by atoms with Crippen LogP contribution >= 0.6 is 0 Å². The van der Waals surface area contributed by atoms with E-state index in [1.807, 2.05) is 18.2 Å². The van der Waals surface area contributed by atoms with Crippen LogP contribution < -0.4 is 0 Å². The third-order valence-corrected chi connectivity index (χ3v) is 4.59. The van der Waals surface area contributed by atoms with Crippen molar-refractivity contribution in [3.63, 3.8) is 0 Å². The Labute approximate surface area is 113 Å². The molecule has 0 bridgehead atoms. The van der Waals surface area contributed by atoms with Crippen LogP contribution in [0.4, 0.5) is 0 Å². The third kappa shape index (κ3) is 2.16. The van der Waals surface area contributed by atoms with Crippen molar-refractivity contribution in [2.24, 2.45) is 0 Å². The van der Waals surface area contributed by atoms with E-state index in [2.05, 4.69) is 6.07 Å². The van der Waals surface area contributed by atoms with Crippen LogP contribution in [0.3, 0.4) is 0 Å². The van der Waals surface area contributed by atoms with Crippen molar-refractivity contribution < 1.29 is 14.6 Å². The van der Waals surface area contributed by atoms with E-state index in [0.29, 0.717) is 6.42 Å². The number of carboxylic acid groups (broad SMARTS) is 1. The molecule has 1 aromatic carbocycles. The molecule has 3 nitrogen and oxygen atoms in total. The highest BCUT2D eigenvalue weighted by Gasteiger charge is 2.45. The van der Waals surface area contributed by atoms with E-state index in [-0.39, 0.29) is 6.10 Å². The first kappa shape index (κ1) is 12.7. The Hall–Kier alpha value is -1.35. The molecule has 0 radical (unpaired) electrons. The van der Waals surface area contributed by atoms with Gasteiger partial charge in [0.05, 0.1) is 11.5 Å². The number of hydrogen-bond donors (Lipinski definition) is 1. The Morgan fingerprint density at radius 1 is 1.37 bits per heavy atom. The van der Waals surface area contributed by atoms with Gasteiger partial charge in [0.2, 0.25) is 0 Å². The van der Waals surface area contributed by atoms with Crippen LogP contribution in [0.25, 0.3) is 0 Å². The number of fused-ring (bicyclic) bond motifs is 1. The van der Waals surface area contributed by atoms with Crippen LogP contribution in [0, 0.1) is 0 Å². The molecule has 3 rings (SSSR count). The summed E-state index contributed by atoms with van der Waals surface area (Å²) in [4.78, 5) is 12.0. The lowest BCUT2D eigenvalue weighted by Gasteiger charge is -2.37. The zero-order chi connectivity index (χ0) is 13.3. The van der Waals surface area contributed by atoms with Gasteiger partial charge in [0, 0.05) is 6.61 Å². The number of rotatable bonds is 3. The molecule has 3 heteroatoms. The number of benzene rings is 1. The Balaban J connectivity index is 1.99. The third-order valence-electron chi connectivity index (χ3n) is 4.59. The summed E-state index contributed by atoms with van der Waals surface area (Å²) in [5.74, 6) is -0.685. The first-order chi connectivity index (χ1) is 9.22. The molecule has 19 heavy (non-hydrogen) atoms. The van der Waals surface area contributed by atoms with Crippen LogP contribution in [0.5, 0.6) is 0 Å². The molecule has 0 spiro atoms. The minimum absolute atomic E-state index is 0.113. The highest BCUT2D eigenvalue weighted by atomic mass is 16.5. The molecule has 2 unspecified atom stereocenters. The van der Waals surface area contributed by atoms with Crippen LogP contribution in [-0.2, 0) is 21.4 Å². The average Bonchev–Trinajstić information content (AvgIpc) is 2.91. The quantitative estimate of drug-likeness (QED) is 0.909. The van der Waals surface area contributed by atoms with E-state index in [1.54, 1.807) is 0 Å². The molecule has 0 amide bonds. The highest BCUT2D eigenvalue weighted by molar-refractivity contribution is 5.82. The van der Waals surface area contributed by atoms with E-state index in [4.69, 9.17) is 4.74 Å². The minimum atomic E-state index is -0.732. The number of aryl methyl sites for hydroxylation is 1. The summed E-state index contributed by atoms with van der Waals surface area (Å²) in [5, 5.41) is 9.84. The van der Waals surface area contributed by atoms with E-state index in [0.717, 1.165) is 44.3 Å². The number of carbonyl (C=O) groups is 1. The monoisotopic (exact) mass is 260 g/mol. The molecule has 0 aromatic heterocycles. The zero-order valence-corrected chi connectivity index (χ0v) is 11.1. The Morgan fingerprint density at radius 3 is 2.95 bits per heavy atom. The number of carboxylic acids is 1. The molecular formula is C16H20O3. The molecule has 1 fully saturated rings. The van der Waals surface area contributed by atoms with E-state index < -0.39 is 11.4 Å². The smallest absolute Gasteiger partial charge is 0.314 e. The predicted molar refractivity (Wildman–Crippen MR) is 72.3 cm³/mol. The molecule has 0 saturated carbocycles. The fraction of sp³-hybridized carbons (Fsp3) is 0.562. The normalized spacial score (nSPS) is 30.0. The molecule has 1 heterocycles. The lowest BCUT2D eigenvalue weighted by atomic mass is 9.67. The van der Waals surface area contributed by atoms with Gasteiger partial charge in [-0.15, -0.1) is 0 Å². The van der Waals surface area contributed by atoms with E-state index in [9.17, 15) is 9.90 Å². The lowest BCUT2D eigenvalue weighted by molar-refractivity contribution is -0.146. The number of aliphatic carboxylic acids is 1. The molecule has 2 atom stereocenters. The van der Waals surface area contributed by atoms with Gasteiger partial charge in [0.1, 0.15) is 0 Å². The highest BCUT2D eigenvalue weighted by Crippen LogP contribution is 2.42. The largest absolute Gasteiger partial charge is 0.481 e. The first-order valence-corrected chi connectivity index (χ1v) is 7.16. The van der Waals surface area contributed by atoms with Gasteiger partial charge >= 0.3 is 5.97 Å². The van der Waals surface area contributed by atoms with Crippen molar-refractivity contribution in [1.82, 2.24) is 0 Å². The maximum absolute atomic E-state index is 12.0. The topological polar surface area (TPSA) is 46.5 Å². The van der Waals surface area contributed by atoms with Crippen LogP contribution in [0.1, 0.15) is 43.2 Å². The fourth-order valence-corrected chi connectivity index (χ4v) is 3.64. The van der Waals surface area contributed by atoms with Gasteiger partial charge in [-0.25, -0.2) is 0 Å². The number of hydrogen-bond acceptors (Lipinski definition) is 2. The Bertz CT molecular complexity index is 477. The van der Waals surface area contributed by atoms with Crippen molar-refractivity contribution in [1.29, 1.82) is 0 Å². The Morgan fingerprint density at radius 2 is 2.21 bits per heavy atom. The second-order valence-corrected chi connectivity index (χ2v) is 5.74. The van der Waals surface area contributed by atoms with E-state index in [1.165, 1.54) is 5.56 Å². The van der Waals surface area contributed by atoms with Gasteiger partial charge in [-0.2, -0.15) is 0 Å². The standard InChI is InChI=1S/C16H20O3/c17-15(18)16(11-13-7-4-10-19-13)9-3-6-12-5-1-2-8-14(12)16/h1-2,5,8,13H,3-4,6-7,9-11H2,(H,17,18). The van der Waals surface area contributed by atoms with Gasteiger partial charge in [-0.3, -0.25) is 4.79 Å². The van der Waals surface area contributed by atoms with Crippen molar-refractivity contribution in [3.8, 4) is 0 Å². The summed E-state index contributed by atoms with van der Waals surface area (Å²) in [6.07, 6.45) is 5.48. The molecule has 102 valence electrons. The first-order valence-electron chi connectivity index (χ1n) is 7.16. The van der Waals surface area contributed by atoms with Crippen molar-refractivity contribution in [2.45, 2.75) is 50.0 Å². The fourth-order valence-electron chi connectivity index (χ4n) is 3.64. The SMILES string of the molecule is O=C(O)C1(CC2CCCO2)CCCc2ccccc21. The van der Waals surface area contributed by atoms with Crippen LogP contribution in [-0.4, -0.2) is 23.8 Å².